The normalized spacial score (nSPS) is 11.7. The minimum absolute atomic E-state index is 0.181. The summed E-state index contributed by atoms with van der Waals surface area (Å²) < 4.78 is 11.5. The Kier molecular flexibility index (Phi) is 10.5. The lowest BCUT2D eigenvalue weighted by Crippen LogP contribution is -2.47. The maximum absolute atomic E-state index is 12.4. The molecule has 0 spiro atoms. The van der Waals surface area contributed by atoms with Crippen LogP contribution in [-0.4, -0.2) is 74.6 Å². The maximum Gasteiger partial charge on any atom is 0.435 e. The van der Waals surface area contributed by atoms with Gasteiger partial charge in [-0.3, -0.25) is 9.69 Å². The van der Waals surface area contributed by atoms with Crippen molar-refractivity contribution in [1.82, 2.24) is 30.0 Å². The molecule has 0 unspecified atom stereocenters. The number of likely N-dealkylation sites (N-methyl/N-ethyl adjacent to an activating group) is 1. The summed E-state index contributed by atoms with van der Waals surface area (Å²) in [5.74, 6) is 5.92. The van der Waals surface area contributed by atoms with Crippen molar-refractivity contribution in [2.24, 2.45) is 0 Å². The summed E-state index contributed by atoms with van der Waals surface area (Å²) >= 11 is 6.32. The van der Waals surface area contributed by atoms with E-state index in [4.69, 9.17) is 21.1 Å². The monoisotopic (exact) mass is 583 g/mol. The van der Waals surface area contributed by atoms with Gasteiger partial charge in [0.15, 0.2) is 0 Å². The van der Waals surface area contributed by atoms with Crippen LogP contribution < -0.4 is 10.6 Å². The zero-order chi connectivity index (χ0) is 30.2. The van der Waals surface area contributed by atoms with Crippen LogP contribution in [0.2, 0.25) is 5.15 Å². The predicted molar refractivity (Wildman–Crippen MR) is 155 cm³/mol. The molecule has 3 rings (SSSR count). The molecular weight excluding hydrogens is 550 g/mol. The van der Waals surface area contributed by atoms with Crippen LogP contribution in [-0.2, 0) is 14.3 Å². The summed E-state index contributed by atoms with van der Waals surface area (Å²) in [6, 6.07) is 4.67. The van der Waals surface area contributed by atoms with Crippen LogP contribution in [0, 0.1) is 11.8 Å². The number of carbonyl (C=O) groups is 3. The van der Waals surface area contributed by atoms with Crippen molar-refractivity contribution >= 4 is 52.2 Å². The fourth-order valence-electron chi connectivity index (χ4n) is 3.42. The SMILES string of the molecule is CCOC(=O)n1ncc2ccc(Nc3ncc(C#CCCCNC(=O)[C@H](C)N(C)C(=O)OC(C)(C)C)c(Cl)n3)cc21. The van der Waals surface area contributed by atoms with Crippen LogP contribution in [0.15, 0.2) is 30.6 Å². The largest absolute Gasteiger partial charge is 0.448 e. The second-order valence-electron chi connectivity index (χ2n) is 10.0. The van der Waals surface area contributed by atoms with Gasteiger partial charge in [0.05, 0.1) is 23.9 Å². The lowest BCUT2D eigenvalue weighted by atomic mass is 10.2. The zero-order valence-corrected chi connectivity index (χ0v) is 24.7. The lowest BCUT2D eigenvalue weighted by molar-refractivity contribution is -0.125. The number of hydrogen-bond donors (Lipinski definition) is 2. The lowest BCUT2D eigenvalue weighted by Gasteiger charge is -2.28. The fourth-order valence-corrected chi connectivity index (χ4v) is 3.60. The molecule has 12 nitrogen and oxygen atoms in total. The molecule has 2 aromatic heterocycles. The molecular formula is C28H34ClN7O5. The van der Waals surface area contributed by atoms with Crippen molar-refractivity contribution in [3.8, 4) is 11.8 Å². The molecule has 0 aliphatic heterocycles. The first-order valence-electron chi connectivity index (χ1n) is 13.1. The number of carbonyl (C=O) groups excluding carboxylic acids is 3. The van der Waals surface area contributed by atoms with E-state index in [2.05, 4.69) is 37.5 Å². The number of nitrogens with one attached hydrogen (secondary N) is 2. The molecule has 0 fully saturated rings. The summed E-state index contributed by atoms with van der Waals surface area (Å²) in [6.07, 6.45) is 3.07. The molecule has 41 heavy (non-hydrogen) atoms. The number of fused-ring (bicyclic) bond motifs is 1. The Balaban J connectivity index is 1.50. The minimum Gasteiger partial charge on any atom is -0.448 e. The van der Waals surface area contributed by atoms with Gasteiger partial charge in [0.1, 0.15) is 16.8 Å². The average molecular weight is 584 g/mol. The number of rotatable bonds is 8. The Bertz CT molecular complexity index is 1470. The van der Waals surface area contributed by atoms with Crippen LogP contribution in [0.1, 0.15) is 53.0 Å². The van der Waals surface area contributed by atoms with Crippen LogP contribution >= 0.6 is 11.6 Å². The number of anilines is 2. The highest BCUT2D eigenvalue weighted by Gasteiger charge is 2.26. The standard InChI is InChI=1S/C28H34ClN7O5/c1-7-40-27(39)36-22-15-21(13-12-19(22)17-32-36)33-25-31-16-20(23(29)34-25)11-9-8-10-14-30-24(37)18(2)35(6)26(38)41-28(3,4)5/h12-13,15-18H,7-8,10,14H2,1-6H3,(H,30,37)(H,31,33,34)/t18-/m0/s1. The maximum atomic E-state index is 12.4. The molecule has 1 atom stereocenters. The number of aromatic nitrogens is 4. The number of hydrogen-bond acceptors (Lipinski definition) is 9. The van der Waals surface area contributed by atoms with E-state index in [0.29, 0.717) is 36.2 Å². The molecule has 1 aromatic carbocycles. The number of unbranched alkanes of at least 4 members (excludes halogenated alkanes) is 1. The van der Waals surface area contributed by atoms with E-state index < -0.39 is 23.8 Å². The third kappa shape index (κ3) is 8.81. The van der Waals surface area contributed by atoms with E-state index >= 15 is 0 Å². The van der Waals surface area contributed by atoms with Crippen LogP contribution in [0.4, 0.5) is 21.2 Å². The Morgan fingerprint density at radius 1 is 1.22 bits per heavy atom. The Morgan fingerprint density at radius 3 is 2.66 bits per heavy atom. The molecule has 0 saturated heterocycles. The molecule has 218 valence electrons. The van der Waals surface area contributed by atoms with Crippen LogP contribution in [0.25, 0.3) is 10.9 Å². The van der Waals surface area contributed by atoms with Gasteiger partial charge in [0.25, 0.3) is 0 Å². The smallest absolute Gasteiger partial charge is 0.435 e. The second kappa shape index (κ2) is 13.8. The summed E-state index contributed by atoms with van der Waals surface area (Å²) in [7, 11) is 1.52. The van der Waals surface area contributed by atoms with E-state index in [1.807, 2.05) is 6.07 Å². The van der Waals surface area contributed by atoms with Gasteiger partial charge < -0.3 is 20.1 Å². The van der Waals surface area contributed by atoms with E-state index in [-0.39, 0.29) is 23.6 Å². The van der Waals surface area contributed by atoms with Crippen molar-refractivity contribution in [3.05, 3.63) is 41.3 Å². The van der Waals surface area contributed by atoms with Gasteiger partial charge in [-0.25, -0.2) is 14.6 Å². The molecule has 2 N–H and O–H groups in total. The molecule has 13 heteroatoms. The van der Waals surface area contributed by atoms with E-state index in [1.54, 1.807) is 52.9 Å². The number of benzene rings is 1. The average Bonchev–Trinajstić information content (AvgIpc) is 3.33. The second-order valence-corrected chi connectivity index (χ2v) is 10.4. The van der Waals surface area contributed by atoms with Crippen LogP contribution in [0.3, 0.4) is 0 Å². The van der Waals surface area contributed by atoms with E-state index in [0.717, 1.165) is 5.39 Å². The number of halogens is 1. The molecule has 0 aliphatic carbocycles. The van der Waals surface area contributed by atoms with E-state index in [9.17, 15) is 14.4 Å². The van der Waals surface area contributed by atoms with Gasteiger partial charge in [-0.15, -0.1) is 0 Å². The fraction of sp³-hybridized carbons (Fsp3) is 0.429. The molecule has 0 bridgehead atoms. The van der Waals surface area contributed by atoms with Gasteiger partial charge in [0.2, 0.25) is 11.9 Å². The highest BCUT2D eigenvalue weighted by atomic mass is 35.5. The van der Waals surface area contributed by atoms with Crippen molar-refractivity contribution < 1.29 is 23.9 Å². The van der Waals surface area contributed by atoms with Crippen LogP contribution in [0.5, 0.6) is 0 Å². The van der Waals surface area contributed by atoms with Crippen molar-refractivity contribution in [2.45, 2.75) is 59.1 Å². The first kappa shape index (κ1) is 31.2. The molecule has 2 amide bonds. The van der Waals surface area contributed by atoms with Crippen molar-refractivity contribution in [1.29, 1.82) is 0 Å². The molecule has 0 aliphatic rings. The Labute approximate surface area is 243 Å². The summed E-state index contributed by atoms with van der Waals surface area (Å²) in [5, 5.41) is 10.9. The third-order valence-corrected chi connectivity index (χ3v) is 5.94. The molecule has 0 saturated carbocycles. The molecule has 0 radical (unpaired) electrons. The number of nitrogens with zero attached hydrogens (tertiary/aromatic N) is 5. The first-order valence-corrected chi connectivity index (χ1v) is 13.4. The highest BCUT2D eigenvalue weighted by molar-refractivity contribution is 6.30. The quantitative estimate of drug-likeness (QED) is 0.219. The van der Waals surface area contributed by atoms with Crippen molar-refractivity contribution in [2.75, 3.05) is 25.5 Å². The summed E-state index contributed by atoms with van der Waals surface area (Å²) in [5.41, 5.74) is 1.03. The summed E-state index contributed by atoms with van der Waals surface area (Å²) in [6.45, 7) is 9.30. The van der Waals surface area contributed by atoms with Gasteiger partial charge in [-0.2, -0.15) is 14.8 Å². The molecule has 3 aromatic rings. The van der Waals surface area contributed by atoms with Crippen molar-refractivity contribution in [3.63, 3.8) is 0 Å². The minimum atomic E-state index is -0.680. The molecule has 2 heterocycles. The van der Waals surface area contributed by atoms with Gasteiger partial charge in [-0.05, 0) is 59.2 Å². The highest BCUT2D eigenvalue weighted by Crippen LogP contribution is 2.22. The Hall–Kier alpha value is -4.37. The zero-order valence-electron chi connectivity index (χ0n) is 23.9. The first-order chi connectivity index (χ1) is 19.4. The number of amides is 2. The van der Waals surface area contributed by atoms with Gasteiger partial charge >= 0.3 is 12.2 Å². The van der Waals surface area contributed by atoms with E-state index in [1.165, 1.54) is 22.8 Å². The third-order valence-electron chi connectivity index (χ3n) is 5.65. The number of ether oxygens (including phenoxy) is 2. The van der Waals surface area contributed by atoms with Gasteiger partial charge in [0, 0.05) is 37.3 Å². The topological polar surface area (TPSA) is 141 Å². The predicted octanol–water partition coefficient (Wildman–Crippen LogP) is 4.73. The summed E-state index contributed by atoms with van der Waals surface area (Å²) in [4.78, 5) is 46.5. The Morgan fingerprint density at radius 2 is 1.98 bits per heavy atom. The van der Waals surface area contributed by atoms with Gasteiger partial charge in [-0.1, -0.05) is 23.4 Å².